The maximum atomic E-state index is 12.6. The number of amides is 1. The van der Waals surface area contributed by atoms with Crippen molar-refractivity contribution in [2.75, 3.05) is 18.8 Å². The van der Waals surface area contributed by atoms with E-state index in [4.69, 9.17) is 0 Å². The molecular formula is C19H22N2O3S2. The van der Waals surface area contributed by atoms with Gasteiger partial charge in [0.15, 0.2) is 9.84 Å². The van der Waals surface area contributed by atoms with E-state index < -0.39 is 9.84 Å². The number of nitrogens with one attached hydrogen (secondary N) is 1. The van der Waals surface area contributed by atoms with Crippen molar-refractivity contribution in [2.24, 2.45) is 5.92 Å². The molecule has 5 nitrogen and oxygen atoms in total. The van der Waals surface area contributed by atoms with Crippen LogP contribution in [0.3, 0.4) is 0 Å². The topological polar surface area (TPSA) is 66.5 Å². The Bertz CT molecular complexity index is 908. The molecule has 2 saturated heterocycles. The summed E-state index contributed by atoms with van der Waals surface area (Å²) in [5.74, 6) is -0.181. The first-order valence-corrected chi connectivity index (χ1v) is 11.3. The van der Waals surface area contributed by atoms with E-state index in [0.29, 0.717) is 18.7 Å². The number of sulfone groups is 1. The van der Waals surface area contributed by atoms with Crippen molar-refractivity contribution < 1.29 is 13.2 Å². The van der Waals surface area contributed by atoms with Gasteiger partial charge in [0.1, 0.15) is 0 Å². The van der Waals surface area contributed by atoms with Gasteiger partial charge in [-0.25, -0.2) is 8.42 Å². The van der Waals surface area contributed by atoms with E-state index in [1.807, 2.05) is 18.2 Å². The molecule has 2 aromatic rings. The quantitative estimate of drug-likeness (QED) is 0.868. The number of hydrogen-bond acceptors (Lipinski definition) is 5. The van der Waals surface area contributed by atoms with E-state index in [0.717, 1.165) is 6.54 Å². The minimum absolute atomic E-state index is 0.0336. The lowest BCUT2D eigenvalue weighted by molar-refractivity contribution is 0.0930. The van der Waals surface area contributed by atoms with Gasteiger partial charge in [0.05, 0.1) is 11.0 Å². The molecule has 0 unspecified atom stereocenters. The summed E-state index contributed by atoms with van der Waals surface area (Å²) in [4.78, 5) is 17.2. The Morgan fingerprint density at radius 2 is 1.96 bits per heavy atom. The minimum Gasteiger partial charge on any atom is -0.348 e. The number of likely N-dealkylation sites (tertiary alicyclic amines) is 1. The third-order valence-corrected chi connectivity index (χ3v) is 8.53. The second-order valence-electron chi connectivity index (χ2n) is 7.18. The third-order valence-electron chi connectivity index (χ3n) is 5.30. The van der Waals surface area contributed by atoms with E-state index in [9.17, 15) is 13.2 Å². The van der Waals surface area contributed by atoms with Crippen LogP contribution >= 0.6 is 11.3 Å². The number of aryl methyl sites for hydroxylation is 1. The van der Waals surface area contributed by atoms with E-state index in [1.54, 1.807) is 23.5 Å². The van der Waals surface area contributed by atoms with E-state index >= 15 is 0 Å². The molecule has 2 aliphatic rings. The lowest BCUT2D eigenvalue weighted by Crippen LogP contribution is -2.42. The van der Waals surface area contributed by atoms with Gasteiger partial charge in [-0.2, -0.15) is 0 Å². The largest absolute Gasteiger partial charge is 0.348 e. The van der Waals surface area contributed by atoms with Crippen LogP contribution in [0, 0.1) is 12.8 Å². The number of carbonyl (C=O) groups is 1. The maximum Gasteiger partial charge on any atom is 0.251 e. The molecule has 138 valence electrons. The number of fused-ring (bicyclic) bond motifs is 1. The molecule has 0 saturated carbocycles. The first-order valence-electron chi connectivity index (χ1n) is 8.77. The summed E-state index contributed by atoms with van der Waals surface area (Å²) >= 11 is 1.75. The highest BCUT2D eigenvalue weighted by Crippen LogP contribution is 2.35. The molecule has 0 bridgehead atoms. The average Bonchev–Trinajstić information content (AvgIpc) is 3.26. The van der Waals surface area contributed by atoms with Gasteiger partial charge < -0.3 is 5.32 Å². The summed E-state index contributed by atoms with van der Waals surface area (Å²) in [5.41, 5.74) is 0.567. The molecule has 3 atom stereocenters. The van der Waals surface area contributed by atoms with Gasteiger partial charge in [0, 0.05) is 46.9 Å². The van der Waals surface area contributed by atoms with Gasteiger partial charge in [-0.1, -0.05) is 18.2 Å². The van der Waals surface area contributed by atoms with Crippen molar-refractivity contribution in [1.82, 2.24) is 10.2 Å². The standard InChI is InChI=1S/C19H22N2O3S2/c1-13-7-8-15(25-13)9-21-10-16-17(12-26(23,24)18(16)11-21)20-19(22)14-5-3-2-4-6-14/h2-8,16-18H,9-12H2,1H3,(H,20,22)/t16-,17+,18-/m0/s1. The average molecular weight is 391 g/mol. The fraction of sp³-hybridized carbons (Fsp3) is 0.421. The molecule has 0 aliphatic carbocycles. The number of nitrogens with zero attached hydrogens (tertiary/aromatic N) is 1. The van der Waals surface area contributed by atoms with E-state index in [2.05, 4.69) is 29.3 Å². The van der Waals surface area contributed by atoms with E-state index in [-0.39, 0.29) is 28.9 Å². The minimum atomic E-state index is -3.17. The predicted octanol–water partition coefficient (Wildman–Crippen LogP) is 2.08. The number of rotatable bonds is 4. The van der Waals surface area contributed by atoms with Crippen LogP contribution in [0.1, 0.15) is 20.1 Å². The number of benzene rings is 1. The SMILES string of the molecule is Cc1ccc(CN2C[C@H]3[C@H](NC(=O)c4ccccc4)CS(=O)(=O)[C@H]3C2)s1. The summed E-state index contributed by atoms with van der Waals surface area (Å²) in [6.07, 6.45) is 0. The molecule has 0 spiro atoms. The van der Waals surface area contributed by atoms with Gasteiger partial charge >= 0.3 is 0 Å². The lowest BCUT2D eigenvalue weighted by Gasteiger charge is -2.20. The summed E-state index contributed by atoms with van der Waals surface area (Å²) < 4.78 is 25.2. The summed E-state index contributed by atoms with van der Waals surface area (Å²) in [7, 11) is -3.17. The molecule has 7 heteroatoms. The number of carbonyl (C=O) groups excluding carboxylic acids is 1. The molecule has 3 heterocycles. The summed E-state index contributed by atoms with van der Waals surface area (Å²) in [5, 5.41) is 2.60. The molecule has 1 amide bonds. The molecule has 0 radical (unpaired) electrons. The second-order valence-corrected chi connectivity index (χ2v) is 10.8. The maximum absolute atomic E-state index is 12.6. The molecule has 2 fully saturated rings. The van der Waals surface area contributed by atoms with Crippen LogP contribution in [0.2, 0.25) is 0 Å². The van der Waals surface area contributed by atoms with Crippen LogP contribution < -0.4 is 5.32 Å². The number of thiophene rings is 1. The smallest absolute Gasteiger partial charge is 0.251 e. The fourth-order valence-electron chi connectivity index (χ4n) is 4.05. The van der Waals surface area contributed by atoms with Crippen molar-refractivity contribution in [3.63, 3.8) is 0 Å². The van der Waals surface area contributed by atoms with Crippen LogP contribution in [0.5, 0.6) is 0 Å². The molecule has 4 rings (SSSR count). The van der Waals surface area contributed by atoms with Crippen molar-refractivity contribution in [1.29, 1.82) is 0 Å². The highest BCUT2D eigenvalue weighted by atomic mass is 32.2. The second kappa shape index (κ2) is 6.79. The first-order chi connectivity index (χ1) is 12.4. The van der Waals surface area contributed by atoms with Gasteiger partial charge in [-0.3, -0.25) is 9.69 Å². The van der Waals surface area contributed by atoms with E-state index in [1.165, 1.54) is 9.75 Å². The lowest BCUT2D eigenvalue weighted by atomic mass is 10.00. The molecule has 26 heavy (non-hydrogen) atoms. The zero-order chi connectivity index (χ0) is 18.3. The monoisotopic (exact) mass is 390 g/mol. The Morgan fingerprint density at radius 3 is 2.65 bits per heavy atom. The van der Waals surface area contributed by atoms with Crippen LogP contribution in [0.25, 0.3) is 0 Å². The Kier molecular flexibility index (Phi) is 4.62. The van der Waals surface area contributed by atoms with Gasteiger partial charge in [0.2, 0.25) is 0 Å². The van der Waals surface area contributed by atoms with Gasteiger partial charge in [-0.15, -0.1) is 11.3 Å². The Morgan fingerprint density at radius 1 is 1.19 bits per heavy atom. The molecular weight excluding hydrogens is 368 g/mol. The predicted molar refractivity (Wildman–Crippen MR) is 103 cm³/mol. The van der Waals surface area contributed by atoms with Crippen molar-refractivity contribution >= 4 is 27.1 Å². The third kappa shape index (κ3) is 3.43. The highest BCUT2D eigenvalue weighted by molar-refractivity contribution is 7.92. The zero-order valence-corrected chi connectivity index (χ0v) is 16.2. The fourth-order valence-corrected chi connectivity index (χ4v) is 7.31. The first kappa shape index (κ1) is 17.7. The van der Waals surface area contributed by atoms with Crippen LogP contribution in [0.4, 0.5) is 0 Å². The van der Waals surface area contributed by atoms with Gasteiger partial charge in [0.25, 0.3) is 5.91 Å². The summed E-state index contributed by atoms with van der Waals surface area (Å²) in [6, 6.07) is 12.9. The number of hydrogen-bond donors (Lipinski definition) is 1. The Hall–Kier alpha value is -1.70. The highest BCUT2D eigenvalue weighted by Gasteiger charge is 2.52. The molecule has 1 aromatic heterocycles. The Labute approximate surface area is 157 Å². The molecule has 1 N–H and O–H groups in total. The summed E-state index contributed by atoms with van der Waals surface area (Å²) in [6.45, 7) is 4.12. The van der Waals surface area contributed by atoms with Crippen LogP contribution in [-0.2, 0) is 16.4 Å². The van der Waals surface area contributed by atoms with Crippen LogP contribution in [0.15, 0.2) is 42.5 Å². The van der Waals surface area contributed by atoms with Crippen LogP contribution in [-0.4, -0.2) is 49.4 Å². The normalized spacial score (nSPS) is 27.3. The van der Waals surface area contributed by atoms with Crippen molar-refractivity contribution in [2.45, 2.75) is 24.8 Å². The Balaban J connectivity index is 1.47. The van der Waals surface area contributed by atoms with Crippen molar-refractivity contribution in [3.8, 4) is 0 Å². The van der Waals surface area contributed by atoms with Crippen molar-refractivity contribution in [3.05, 3.63) is 57.8 Å². The van der Waals surface area contributed by atoms with Gasteiger partial charge in [-0.05, 0) is 31.2 Å². The molecule has 1 aromatic carbocycles. The zero-order valence-electron chi connectivity index (χ0n) is 14.6. The molecule has 2 aliphatic heterocycles.